The van der Waals surface area contributed by atoms with E-state index in [4.69, 9.17) is 5.73 Å². The molecule has 2 aromatic rings. The highest BCUT2D eigenvalue weighted by atomic mass is 16.2. The Morgan fingerprint density at radius 1 is 1.16 bits per heavy atom. The Morgan fingerprint density at radius 2 is 1.84 bits per heavy atom. The number of carbonyl (C=O) groups excluding carboxylic acids is 1. The van der Waals surface area contributed by atoms with E-state index in [1.165, 1.54) is 0 Å². The summed E-state index contributed by atoms with van der Waals surface area (Å²) >= 11 is 0. The molecule has 0 fully saturated rings. The van der Waals surface area contributed by atoms with Gasteiger partial charge in [-0.25, -0.2) is 0 Å². The van der Waals surface area contributed by atoms with Crippen molar-refractivity contribution < 1.29 is 4.79 Å². The molecular formula is C16H20N2O. The van der Waals surface area contributed by atoms with Gasteiger partial charge in [0.15, 0.2) is 0 Å². The molecule has 1 amide bonds. The first-order valence-electron chi connectivity index (χ1n) is 6.64. The molecule has 0 heterocycles. The molecule has 100 valence electrons. The number of nitrogens with zero attached hydrogens (tertiary/aromatic N) is 1. The summed E-state index contributed by atoms with van der Waals surface area (Å²) in [7, 11) is 0. The standard InChI is InChI=1S/C16H20N2O/c1-12(2)18(11-10-17)16(19)15-9-5-7-13-6-3-4-8-14(13)15/h3-9,12H,10-11,17H2,1-2H3. The Bertz CT molecular complexity index is 572. The lowest BCUT2D eigenvalue weighted by Gasteiger charge is -2.26. The monoisotopic (exact) mass is 256 g/mol. The Morgan fingerprint density at radius 3 is 2.53 bits per heavy atom. The molecule has 2 rings (SSSR count). The van der Waals surface area contributed by atoms with Crippen molar-refractivity contribution in [2.75, 3.05) is 13.1 Å². The fourth-order valence-electron chi connectivity index (χ4n) is 2.30. The van der Waals surface area contributed by atoms with Crippen LogP contribution in [0.5, 0.6) is 0 Å². The Kier molecular flexibility index (Phi) is 4.17. The maximum atomic E-state index is 12.7. The highest BCUT2D eigenvalue weighted by Gasteiger charge is 2.19. The van der Waals surface area contributed by atoms with E-state index in [9.17, 15) is 4.79 Å². The molecule has 0 radical (unpaired) electrons. The average molecular weight is 256 g/mol. The van der Waals surface area contributed by atoms with E-state index < -0.39 is 0 Å². The quantitative estimate of drug-likeness (QED) is 0.914. The highest BCUT2D eigenvalue weighted by molar-refractivity contribution is 6.07. The summed E-state index contributed by atoms with van der Waals surface area (Å²) in [4.78, 5) is 14.5. The largest absolute Gasteiger partial charge is 0.335 e. The second-order valence-electron chi connectivity index (χ2n) is 4.91. The Labute approximate surface area is 114 Å². The maximum absolute atomic E-state index is 12.7. The zero-order chi connectivity index (χ0) is 13.8. The number of hydrogen-bond donors (Lipinski definition) is 1. The molecule has 3 nitrogen and oxygen atoms in total. The third-order valence-corrected chi connectivity index (χ3v) is 3.27. The molecule has 2 N–H and O–H groups in total. The molecule has 0 atom stereocenters. The van der Waals surface area contributed by atoms with Gasteiger partial charge in [0.2, 0.25) is 0 Å². The van der Waals surface area contributed by atoms with E-state index in [0.29, 0.717) is 13.1 Å². The van der Waals surface area contributed by atoms with Crippen LogP contribution in [0.15, 0.2) is 42.5 Å². The lowest BCUT2D eigenvalue weighted by atomic mass is 10.0. The van der Waals surface area contributed by atoms with Gasteiger partial charge in [-0.3, -0.25) is 4.79 Å². The van der Waals surface area contributed by atoms with Gasteiger partial charge in [0.25, 0.3) is 5.91 Å². The minimum atomic E-state index is 0.0530. The molecule has 2 aromatic carbocycles. The van der Waals surface area contributed by atoms with Gasteiger partial charge in [0, 0.05) is 24.7 Å². The molecule has 3 heteroatoms. The van der Waals surface area contributed by atoms with E-state index in [1.54, 1.807) is 0 Å². The van der Waals surface area contributed by atoms with Gasteiger partial charge < -0.3 is 10.6 Å². The van der Waals surface area contributed by atoms with Crippen molar-refractivity contribution in [1.29, 1.82) is 0 Å². The predicted molar refractivity (Wildman–Crippen MR) is 79.2 cm³/mol. The first kappa shape index (κ1) is 13.6. The van der Waals surface area contributed by atoms with Gasteiger partial charge in [-0.2, -0.15) is 0 Å². The molecular weight excluding hydrogens is 236 g/mol. The van der Waals surface area contributed by atoms with Gasteiger partial charge in [0.1, 0.15) is 0 Å². The molecule has 0 unspecified atom stereocenters. The van der Waals surface area contributed by atoms with E-state index in [2.05, 4.69) is 0 Å². The van der Waals surface area contributed by atoms with Crippen molar-refractivity contribution in [3.05, 3.63) is 48.0 Å². The lowest BCUT2D eigenvalue weighted by molar-refractivity contribution is 0.0714. The fourth-order valence-corrected chi connectivity index (χ4v) is 2.30. The minimum Gasteiger partial charge on any atom is -0.335 e. The molecule has 0 saturated heterocycles. The van der Waals surface area contributed by atoms with Crippen LogP contribution in [-0.4, -0.2) is 29.9 Å². The molecule has 0 spiro atoms. The number of fused-ring (bicyclic) bond motifs is 1. The van der Waals surface area contributed by atoms with Crippen molar-refractivity contribution >= 4 is 16.7 Å². The highest BCUT2D eigenvalue weighted by Crippen LogP contribution is 2.20. The van der Waals surface area contributed by atoms with E-state index in [1.807, 2.05) is 61.2 Å². The maximum Gasteiger partial charge on any atom is 0.254 e. The molecule has 0 aliphatic heterocycles. The summed E-state index contributed by atoms with van der Waals surface area (Å²) in [6.07, 6.45) is 0. The Balaban J connectivity index is 2.45. The second kappa shape index (κ2) is 5.85. The number of nitrogens with two attached hydrogens (primary N) is 1. The summed E-state index contributed by atoms with van der Waals surface area (Å²) in [6, 6.07) is 13.9. The number of hydrogen-bond acceptors (Lipinski definition) is 2. The van der Waals surface area contributed by atoms with E-state index in [0.717, 1.165) is 16.3 Å². The molecule has 19 heavy (non-hydrogen) atoms. The molecule has 0 bridgehead atoms. The van der Waals surface area contributed by atoms with Gasteiger partial charge in [0.05, 0.1) is 0 Å². The lowest BCUT2D eigenvalue weighted by Crippen LogP contribution is -2.40. The van der Waals surface area contributed by atoms with Crippen molar-refractivity contribution in [1.82, 2.24) is 4.90 Å². The fraction of sp³-hybridized carbons (Fsp3) is 0.312. The first-order chi connectivity index (χ1) is 9.15. The van der Waals surface area contributed by atoms with Crippen molar-refractivity contribution in [3.63, 3.8) is 0 Å². The smallest absolute Gasteiger partial charge is 0.254 e. The van der Waals surface area contributed by atoms with E-state index in [-0.39, 0.29) is 11.9 Å². The molecule has 0 aliphatic rings. The van der Waals surface area contributed by atoms with Crippen LogP contribution >= 0.6 is 0 Å². The second-order valence-corrected chi connectivity index (χ2v) is 4.91. The van der Waals surface area contributed by atoms with Gasteiger partial charge in [-0.15, -0.1) is 0 Å². The van der Waals surface area contributed by atoms with E-state index >= 15 is 0 Å². The van der Waals surface area contributed by atoms with Gasteiger partial charge in [-0.05, 0) is 30.7 Å². The van der Waals surface area contributed by atoms with Crippen molar-refractivity contribution in [3.8, 4) is 0 Å². The summed E-state index contributed by atoms with van der Waals surface area (Å²) in [5.41, 5.74) is 6.35. The van der Waals surface area contributed by atoms with Crippen LogP contribution in [0.2, 0.25) is 0 Å². The average Bonchev–Trinajstić information content (AvgIpc) is 2.43. The normalized spacial score (nSPS) is 10.9. The van der Waals surface area contributed by atoms with Crippen molar-refractivity contribution in [2.45, 2.75) is 19.9 Å². The Hall–Kier alpha value is -1.87. The first-order valence-corrected chi connectivity index (χ1v) is 6.64. The number of benzene rings is 2. The van der Waals surface area contributed by atoms with Gasteiger partial charge in [-0.1, -0.05) is 36.4 Å². The summed E-state index contributed by atoms with van der Waals surface area (Å²) < 4.78 is 0. The summed E-state index contributed by atoms with van der Waals surface area (Å²) in [6.45, 7) is 5.09. The van der Waals surface area contributed by atoms with Crippen LogP contribution in [0.1, 0.15) is 24.2 Å². The van der Waals surface area contributed by atoms with Crippen molar-refractivity contribution in [2.24, 2.45) is 5.73 Å². The summed E-state index contributed by atoms with van der Waals surface area (Å²) in [5, 5.41) is 2.09. The zero-order valence-electron chi connectivity index (χ0n) is 11.5. The SMILES string of the molecule is CC(C)N(CCN)C(=O)c1cccc2ccccc12. The zero-order valence-corrected chi connectivity index (χ0v) is 11.5. The van der Waals surface area contributed by atoms with Gasteiger partial charge >= 0.3 is 0 Å². The van der Waals surface area contributed by atoms with Crippen LogP contribution in [0.25, 0.3) is 10.8 Å². The molecule has 0 aliphatic carbocycles. The van der Waals surface area contributed by atoms with Crippen LogP contribution < -0.4 is 5.73 Å². The van der Waals surface area contributed by atoms with Crippen LogP contribution in [-0.2, 0) is 0 Å². The number of carbonyl (C=O) groups is 1. The van der Waals surface area contributed by atoms with Crippen LogP contribution in [0, 0.1) is 0 Å². The third-order valence-electron chi connectivity index (χ3n) is 3.27. The number of rotatable bonds is 4. The number of amides is 1. The van der Waals surface area contributed by atoms with Crippen LogP contribution in [0.3, 0.4) is 0 Å². The molecule has 0 aromatic heterocycles. The summed E-state index contributed by atoms with van der Waals surface area (Å²) in [5.74, 6) is 0.0530. The van der Waals surface area contributed by atoms with Crippen LogP contribution in [0.4, 0.5) is 0 Å². The predicted octanol–water partition coefficient (Wildman–Crippen LogP) is 2.65. The topological polar surface area (TPSA) is 46.3 Å². The molecule has 0 saturated carbocycles. The minimum absolute atomic E-state index is 0.0530. The third kappa shape index (κ3) is 2.76.